The molecule has 0 atom stereocenters. The van der Waals surface area contributed by atoms with Crippen LogP contribution in [0.1, 0.15) is 15.9 Å². The van der Waals surface area contributed by atoms with Crippen LogP contribution < -0.4 is 5.43 Å². The van der Waals surface area contributed by atoms with E-state index in [1.54, 1.807) is 24.3 Å². The highest BCUT2D eigenvalue weighted by molar-refractivity contribution is 6.19. The summed E-state index contributed by atoms with van der Waals surface area (Å²) in [7, 11) is 0. The molecule has 0 bridgehead atoms. The van der Waals surface area contributed by atoms with Crippen molar-refractivity contribution in [3.05, 3.63) is 51.8 Å². The molecule has 92 valence electrons. The Morgan fingerprint density at radius 3 is 2.89 bits per heavy atom. The number of pyridine rings is 1. The van der Waals surface area contributed by atoms with Crippen molar-refractivity contribution < 1.29 is 9.90 Å². The summed E-state index contributed by atoms with van der Waals surface area (Å²) in [6, 6.07) is 5.20. The third-order valence-electron chi connectivity index (χ3n) is 2.53. The molecule has 0 aliphatic carbocycles. The fourth-order valence-corrected chi connectivity index (χ4v) is 1.77. The number of hydrogen-bond acceptors (Lipinski definition) is 2. The van der Waals surface area contributed by atoms with Crippen molar-refractivity contribution in [1.82, 2.24) is 4.98 Å². The number of H-pyrrole nitrogens is 1. The molecular weight excluding hydrogens is 254 g/mol. The number of aromatic amines is 1. The quantitative estimate of drug-likeness (QED) is 0.836. The molecule has 0 spiro atoms. The number of hydrogen-bond donors (Lipinski definition) is 2. The molecule has 1 heterocycles. The Hall–Kier alpha value is -2.07. The van der Waals surface area contributed by atoms with E-state index in [-0.39, 0.29) is 5.56 Å². The Morgan fingerprint density at radius 2 is 2.22 bits per heavy atom. The summed E-state index contributed by atoms with van der Waals surface area (Å²) in [4.78, 5) is 25.6. The summed E-state index contributed by atoms with van der Waals surface area (Å²) >= 11 is 5.54. The number of carboxylic acid groups (broad SMARTS) is 1. The van der Waals surface area contributed by atoms with Crippen molar-refractivity contribution in [1.29, 1.82) is 0 Å². The summed E-state index contributed by atoms with van der Waals surface area (Å²) in [6.07, 6.45) is 4.73. The number of rotatable bonds is 3. The van der Waals surface area contributed by atoms with Gasteiger partial charge >= 0.3 is 5.97 Å². The van der Waals surface area contributed by atoms with Gasteiger partial charge in [-0.2, -0.15) is 0 Å². The van der Waals surface area contributed by atoms with Crippen molar-refractivity contribution >= 4 is 34.5 Å². The van der Waals surface area contributed by atoms with Crippen LogP contribution in [0.2, 0.25) is 0 Å². The fraction of sp³-hybridized carbons (Fsp3) is 0.0769. The lowest BCUT2D eigenvalue weighted by Crippen LogP contribution is -2.15. The highest BCUT2D eigenvalue weighted by Gasteiger charge is 2.11. The molecule has 1 aromatic heterocycles. The molecule has 0 saturated carbocycles. The maximum Gasteiger partial charge on any atom is 0.341 e. The Morgan fingerprint density at radius 1 is 1.44 bits per heavy atom. The molecule has 18 heavy (non-hydrogen) atoms. The predicted octanol–water partition coefficient (Wildman–Crippen LogP) is 2.48. The molecule has 0 fully saturated rings. The van der Waals surface area contributed by atoms with Gasteiger partial charge in [-0.1, -0.05) is 18.2 Å². The SMILES string of the molecule is O=C(O)c1c[nH]c2ccc(C=CCCl)cc2c1=O. The van der Waals surface area contributed by atoms with Crippen LogP contribution in [0, 0.1) is 0 Å². The molecule has 1 aromatic carbocycles. The minimum atomic E-state index is -1.24. The molecular formula is C13H10ClNO3. The second-order valence-corrected chi connectivity index (χ2v) is 4.01. The van der Waals surface area contributed by atoms with Gasteiger partial charge in [0.05, 0.1) is 0 Å². The monoisotopic (exact) mass is 263 g/mol. The third-order valence-corrected chi connectivity index (χ3v) is 2.71. The van der Waals surface area contributed by atoms with E-state index in [1.807, 2.05) is 6.07 Å². The Kier molecular flexibility index (Phi) is 3.48. The second kappa shape index (κ2) is 5.06. The number of alkyl halides is 1. The van der Waals surface area contributed by atoms with E-state index < -0.39 is 11.4 Å². The minimum Gasteiger partial charge on any atom is -0.477 e. The molecule has 2 N–H and O–H groups in total. The lowest BCUT2D eigenvalue weighted by atomic mass is 10.1. The number of carbonyl (C=O) groups is 1. The van der Waals surface area contributed by atoms with Crippen LogP contribution in [0.4, 0.5) is 0 Å². The number of fused-ring (bicyclic) bond motifs is 1. The first-order valence-corrected chi connectivity index (χ1v) is 5.78. The molecule has 0 aliphatic heterocycles. The normalized spacial score (nSPS) is 11.2. The Bertz CT molecular complexity index is 688. The van der Waals surface area contributed by atoms with E-state index in [1.165, 1.54) is 6.20 Å². The highest BCUT2D eigenvalue weighted by Crippen LogP contribution is 2.12. The summed E-state index contributed by atoms with van der Waals surface area (Å²) in [5.41, 5.74) is 0.655. The summed E-state index contributed by atoms with van der Waals surface area (Å²) in [5, 5.41) is 9.24. The summed E-state index contributed by atoms with van der Waals surface area (Å²) < 4.78 is 0. The Balaban J connectivity index is 2.67. The van der Waals surface area contributed by atoms with Crippen LogP contribution >= 0.6 is 11.6 Å². The van der Waals surface area contributed by atoms with Crippen molar-refractivity contribution in [3.63, 3.8) is 0 Å². The molecule has 2 aromatic rings. The first-order chi connectivity index (χ1) is 8.63. The number of halogens is 1. The van der Waals surface area contributed by atoms with Crippen LogP contribution in [-0.4, -0.2) is 21.9 Å². The van der Waals surface area contributed by atoms with Crippen LogP contribution in [0.15, 0.2) is 35.3 Å². The number of carboxylic acids is 1. The summed E-state index contributed by atoms with van der Waals surface area (Å²) in [5.74, 6) is -0.858. The number of nitrogens with one attached hydrogen (secondary N) is 1. The van der Waals surface area contributed by atoms with Gasteiger partial charge in [0.15, 0.2) is 0 Å². The van der Waals surface area contributed by atoms with E-state index in [9.17, 15) is 9.59 Å². The topological polar surface area (TPSA) is 70.2 Å². The van der Waals surface area contributed by atoms with Crippen LogP contribution in [0.3, 0.4) is 0 Å². The Labute approximate surface area is 108 Å². The first-order valence-electron chi connectivity index (χ1n) is 5.24. The summed E-state index contributed by atoms with van der Waals surface area (Å²) in [6.45, 7) is 0. The molecule has 0 radical (unpaired) electrons. The van der Waals surface area contributed by atoms with Crippen LogP contribution in [0.5, 0.6) is 0 Å². The average Bonchev–Trinajstić information content (AvgIpc) is 2.36. The molecule has 0 aliphatic rings. The fourth-order valence-electron chi connectivity index (χ4n) is 1.68. The highest BCUT2D eigenvalue weighted by atomic mass is 35.5. The zero-order chi connectivity index (χ0) is 13.1. The van der Waals surface area contributed by atoms with Crippen molar-refractivity contribution in [3.8, 4) is 0 Å². The van der Waals surface area contributed by atoms with Gasteiger partial charge in [0.2, 0.25) is 5.43 Å². The maximum atomic E-state index is 11.9. The van der Waals surface area contributed by atoms with Gasteiger partial charge in [-0.05, 0) is 17.7 Å². The maximum absolute atomic E-state index is 11.9. The van der Waals surface area contributed by atoms with Gasteiger partial charge in [0.1, 0.15) is 5.56 Å². The molecule has 4 nitrogen and oxygen atoms in total. The molecule has 0 unspecified atom stereocenters. The average molecular weight is 264 g/mol. The van der Waals surface area contributed by atoms with Gasteiger partial charge in [0.25, 0.3) is 0 Å². The van der Waals surface area contributed by atoms with Crippen LogP contribution in [-0.2, 0) is 0 Å². The van der Waals surface area contributed by atoms with Crippen molar-refractivity contribution in [2.24, 2.45) is 0 Å². The second-order valence-electron chi connectivity index (χ2n) is 3.70. The van der Waals surface area contributed by atoms with Crippen molar-refractivity contribution in [2.75, 3.05) is 5.88 Å². The number of aromatic nitrogens is 1. The molecule has 2 rings (SSSR count). The van der Waals surface area contributed by atoms with Crippen molar-refractivity contribution in [2.45, 2.75) is 0 Å². The van der Waals surface area contributed by atoms with E-state index >= 15 is 0 Å². The first kappa shape index (κ1) is 12.4. The third kappa shape index (κ3) is 2.28. The predicted molar refractivity (Wildman–Crippen MR) is 71.3 cm³/mol. The zero-order valence-electron chi connectivity index (χ0n) is 9.31. The van der Waals surface area contributed by atoms with Gasteiger partial charge in [-0.25, -0.2) is 4.79 Å². The lowest BCUT2D eigenvalue weighted by Gasteiger charge is -2.01. The number of aromatic carboxylic acids is 1. The molecule has 5 heteroatoms. The smallest absolute Gasteiger partial charge is 0.341 e. The van der Waals surface area contributed by atoms with E-state index in [4.69, 9.17) is 16.7 Å². The number of allylic oxidation sites excluding steroid dienone is 1. The minimum absolute atomic E-state index is 0.263. The van der Waals surface area contributed by atoms with E-state index in [0.717, 1.165) is 5.56 Å². The van der Waals surface area contributed by atoms with Gasteiger partial charge < -0.3 is 10.1 Å². The van der Waals surface area contributed by atoms with Gasteiger partial charge in [0, 0.05) is 23.0 Å². The molecule has 0 amide bonds. The van der Waals surface area contributed by atoms with E-state index in [0.29, 0.717) is 16.8 Å². The van der Waals surface area contributed by atoms with Gasteiger partial charge in [-0.15, -0.1) is 11.6 Å². The van der Waals surface area contributed by atoms with Crippen LogP contribution in [0.25, 0.3) is 17.0 Å². The number of benzene rings is 1. The van der Waals surface area contributed by atoms with E-state index in [2.05, 4.69) is 4.98 Å². The van der Waals surface area contributed by atoms with Gasteiger partial charge in [-0.3, -0.25) is 4.79 Å². The molecule has 0 saturated heterocycles. The largest absolute Gasteiger partial charge is 0.477 e. The zero-order valence-corrected chi connectivity index (χ0v) is 10.1. The lowest BCUT2D eigenvalue weighted by molar-refractivity contribution is 0.0695. The standard InChI is InChI=1S/C13H10ClNO3/c14-5-1-2-8-3-4-11-9(6-8)12(16)10(7-15-11)13(17)18/h1-4,6-7H,5H2,(H,15,16)(H,17,18).